The molecule has 2 atom stereocenters. The van der Waals surface area contributed by atoms with Crippen LogP contribution in [0.15, 0.2) is 73.1 Å². The molecule has 1 aromatic heterocycles. The summed E-state index contributed by atoms with van der Waals surface area (Å²) >= 11 is 0. The van der Waals surface area contributed by atoms with E-state index in [1.54, 1.807) is 6.20 Å². The van der Waals surface area contributed by atoms with Crippen molar-refractivity contribution >= 4 is 0 Å². The molecule has 1 N–H and O–H groups in total. The van der Waals surface area contributed by atoms with Gasteiger partial charge in [-0.1, -0.05) is 30.3 Å². The minimum Gasteiger partial charge on any atom is -0.491 e. The highest BCUT2D eigenvalue weighted by molar-refractivity contribution is 5.39. The van der Waals surface area contributed by atoms with Gasteiger partial charge in [-0.15, -0.1) is 0 Å². The van der Waals surface area contributed by atoms with E-state index in [-0.39, 0.29) is 12.6 Å². The minimum atomic E-state index is -4.39. The summed E-state index contributed by atoms with van der Waals surface area (Å²) in [6.45, 7) is 1.13. The van der Waals surface area contributed by atoms with E-state index in [0.717, 1.165) is 30.7 Å². The second kappa shape index (κ2) is 9.08. The summed E-state index contributed by atoms with van der Waals surface area (Å²) in [5.74, 6) is 0.292. The van der Waals surface area contributed by atoms with Crippen molar-refractivity contribution < 1.29 is 23.0 Å². The number of nitrogens with zero attached hydrogens (tertiary/aromatic N) is 2. The van der Waals surface area contributed by atoms with Crippen LogP contribution in [0.2, 0.25) is 0 Å². The minimum absolute atomic E-state index is 0.0106. The van der Waals surface area contributed by atoms with Crippen LogP contribution in [0.3, 0.4) is 0 Å². The van der Waals surface area contributed by atoms with Crippen molar-refractivity contribution in [1.29, 1.82) is 0 Å². The first-order chi connectivity index (χ1) is 14.9. The van der Waals surface area contributed by atoms with Crippen LogP contribution in [0.5, 0.6) is 5.75 Å². The fourth-order valence-electron chi connectivity index (χ4n) is 4.00. The van der Waals surface area contributed by atoms with Crippen LogP contribution in [0, 0.1) is 0 Å². The van der Waals surface area contributed by atoms with Crippen molar-refractivity contribution in [3.63, 3.8) is 0 Å². The van der Waals surface area contributed by atoms with Gasteiger partial charge in [0.05, 0.1) is 11.6 Å². The van der Waals surface area contributed by atoms with Crippen LogP contribution < -0.4 is 4.74 Å². The van der Waals surface area contributed by atoms with Crippen molar-refractivity contribution in [3.05, 3.63) is 95.3 Å². The van der Waals surface area contributed by atoms with Crippen LogP contribution in [-0.2, 0) is 12.6 Å². The predicted octanol–water partition coefficient (Wildman–Crippen LogP) is 4.49. The number of aromatic nitrogens is 1. The molecule has 0 saturated carbocycles. The maximum absolute atomic E-state index is 12.7. The molecule has 4 rings (SSSR count). The second-order valence-corrected chi connectivity index (χ2v) is 7.62. The normalized spacial score (nSPS) is 17.7. The van der Waals surface area contributed by atoms with Crippen LogP contribution in [0.1, 0.15) is 28.3 Å². The molecule has 2 heterocycles. The standard InChI is InChI=1S/C24H23F3N2O2/c25-24(26,27)19-7-9-21(10-8-19)31-16-20(30)15-29-13-11-17-4-1-2-6-22(17)23(29)18-5-3-12-28-14-18/h1-10,12,14,20,23,30H,11,13,15-16H2/t20-,23-/m1/s1. The summed E-state index contributed by atoms with van der Waals surface area (Å²) in [4.78, 5) is 6.45. The molecule has 1 aliphatic heterocycles. The van der Waals surface area contributed by atoms with Crippen LogP contribution in [-0.4, -0.2) is 40.8 Å². The molecule has 4 nitrogen and oxygen atoms in total. The Labute approximate surface area is 178 Å². The quantitative estimate of drug-likeness (QED) is 0.629. The topological polar surface area (TPSA) is 45.6 Å². The first-order valence-electron chi connectivity index (χ1n) is 10.1. The molecule has 0 saturated heterocycles. The zero-order valence-electron chi connectivity index (χ0n) is 16.8. The van der Waals surface area contributed by atoms with Crippen molar-refractivity contribution in [2.45, 2.75) is 24.7 Å². The van der Waals surface area contributed by atoms with E-state index in [4.69, 9.17) is 4.74 Å². The number of hydrogen-bond donors (Lipinski definition) is 1. The Morgan fingerprint density at radius 2 is 1.84 bits per heavy atom. The molecular weight excluding hydrogens is 405 g/mol. The average molecular weight is 428 g/mol. The van der Waals surface area contributed by atoms with Gasteiger partial charge in [-0.25, -0.2) is 0 Å². The SMILES string of the molecule is O[C@@H](COc1ccc(C(F)(F)F)cc1)CN1CCc2ccccc2[C@H]1c1cccnc1. The second-order valence-electron chi connectivity index (χ2n) is 7.62. The van der Waals surface area contributed by atoms with Crippen molar-refractivity contribution in [2.24, 2.45) is 0 Å². The van der Waals surface area contributed by atoms with Gasteiger partial charge < -0.3 is 9.84 Å². The lowest BCUT2D eigenvalue weighted by atomic mass is 9.88. The Kier molecular flexibility index (Phi) is 6.25. The Morgan fingerprint density at radius 3 is 2.55 bits per heavy atom. The maximum Gasteiger partial charge on any atom is 0.416 e. The number of ether oxygens (including phenoxy) is 1. The third-order valence-corrected chi connectivity index (χ3v) is 5.45. The first-order valence-corrected chi connectivity index (χ1v) is 10.1. The lowest BCUT2D eigenvalue weighted by molar-refractivity contribution is -0.137. The van der Waals surface area contributed by atoms with Crippen LogP contribution in [0.25, 0.3) is 0 Å². The predicted molar refractivity (Wildman–Crippen MR) is 111 cm³/mol. The lowest BCUT2D eigenvalue weighted by Gasteiger charge is -2.38. The molecule has 31 heavy (non-hydrogen) atoms. The zero-order valence-corrected chi connectivity index (χ0v) is 16.8. The molecule has 162 valence electrons. The van der Waals surface area contributed by atoms with Gasteiger partial charge in [0.25, 0.3) is 0 Å². The molecule has 0 amide bonds. The fraction of sp³-hybridized carbons (Fsp3) is 0.292. The number of rotatable bonds is 6. The Balaban J connectivity index is 1.44. The largest absolute Gasteiger partial charge is 0.491 e. The number of fused-ring (bicyclic) bond motifs is 1. The maximum atomic E-state index is 12.7. The zero-order chi connectivity index (χ0) is 21.8. The number of halogens is 3. The van der Waals surface area contributed by atoms with Crippen molar-refractivity contribution in [1.82, 2.24) is 9.88 Å². The molecule has 0 fully saturated rings. The number of aliphatic hydroxyl groups is 1. The number of alkyl halides is 3. The van der Waals surface area contributed by atoms with Gasteiger partial charge in [-0.3, -0.25) is 9.88 Å². The Morgan fingerprint density at radius 1 is 1.06 bits per heavy atom. The van der Waals surface area contributed by atoms with Crippen LogP contribution >= 0.6 is 0 Å². The molecule has 0 unspecified atom stereocenters. The van der Waals surface area contributed by atoms with E-state index in [0.29, 0.717) is 12.3 Å². The van der Waals surface area contributed by atoms with E-state index >= 15 is 0 Å². The molecule has 0 spiro atoms. The average Bonchev–Trinajstić information content (AvgIpc) is 2.78. The molecular formula is C24H23F3N2O2. The molecule has 1 aliphatic rings. The summed E-state index contributed by atoms with van der Waals surface area (Å²) in [5, 5.41) is 10.6. The molecule has 0 aliphatic carbocycles. The summed E-state index contributed by atoms with van der Waals surface area (Å²) in [6.07, 6.45) is -0.740. The Bertz CT molecular complexity index is 994. The van der Waals surface area contributed by atoms with Gasteiger partial charge in [0, 0.05) is 25.5 Å². The van der Waals surface area contributed by atoms with Gasteiger partial charge >= 0.3 is 6.18 Å². The summed E-state index contributed by atoms with van der Waals surface area (Å²) in [5.41, 5.74) is 2.79. The van der Waals surface area contributed by atoms with Crippen molar-refractivity contribution in [2.75, 3.05) is 19.7 Å². The van der Waals surface area contributed by atoms with Crippen molar-refractivity contribution in [3.8, 4) is 5.75 Å². The van der Waals surface area contributed by atoms with Crippen LogP contribution in [0.4, 0.5) is 13.2 Å². The third-order valence-electron chi connectivity index (χ3n) is 5.45. The van der Waals surface area contributed by atoms with E-state index in [2.05, 4.69) is 22.0 Å². The highest BCUT2D eigenvalue weighted by Crippen LogP contribution is 2.35. The van der Waals surface area contributed by atoms with E-state index in [1.807, 2.05) is 30.5 Å². The number of benzene rings is 2. The number of pyridine rings is 1. The number of aliphatic hydroxyl groups excluding tert-OH is 1. The molecule has 0 radical (unpaired) electrons. The summed E-state index contributed by atoms with van der Waals surface area (Å²) in [7, 11) is 0. The number of hydrogen-bond acceptors (Lipinski definition) is 4. The molecule has 2 aromatic carbocycles. The highest BCUT2D eigenvalue weighted by Gasteiger charge is 2.31. The number of β-amino-alcohol motifs (C(OH)–C–C–N with tert-alkyl or cyclic N) is 1. The van der Waals surface area contributed by atoms with E-state index in [9.17, 15) is 18.3 Å². The summed E-state index contributed by atoms with van der Waals surface area (Å²) < 4.78 is 43.6. The third kappa shape index (κ3) is 5.06. The van der Waals surface area contributed by atoms with Gasteiger partial charge in [-0.2, -0.15) is 13.2 Å². The molecule has 7 heteroatoms. The fourth-order valence-corrected chi connectivity index (χ4v) is 4.00. The molecule has 3 aromatic rings. The Hall–Kier alpha value is -2.90. The van der Waals surface area contributed by atoms with Gasteiger partial charge in [0.1, 0.15) is 18.5 Å². The van der Waals surface area contributed by atoms with Gasteiger partial charge in [-0.05, 0) is 53.4 Å². The van der Waals surface area contributed by atoms with E-state index in [1.165, 1.54) is 23.3 Å². The van der Waals surface area contributed by atoms with E-state index < -0.39 is 17.8 Å². The van der Waals surface area contributed by atoms with Gasteiger partial charge in [0.15, 0.2) is 0 Å². The monoisotopic (exact) mass is 428 g/mol. The lowest BCUT2D eigenvalue weighted by Crippen LogP contribution is -2.42. The smallest absolute Gasteiger partial charge is 0.416 e. The molecule has 0 bridgehead atoms. The first kappa shape index (κ1) is 21.3. The summed E-state index contributed by atoms with van der Waals surface area (Å²) in [6, 6.07) is 16.6. The highest BCUT2D eigenvalue weighted by atomic mass is 19.4. The van der Waals surface area contributed by atoms with Gasteiger partial charge in [0.2, 0.25) is 0 Å².